The lowest BCUT2D eigenvalue weighted by Gasteiger charge is -2.25. The van der Waals surface area contributed by atoms with Crippen molar-refractivity contribution in [2.45, 2.75) is 20.3 Å². The molecule has 0 unspecified atom stereocenters. The summed E-state index contributed by atoms with van der Waals surface area (Å²) in [6.07, 6.45) is 1.07. The van der Waals surface area contributed by atoms with Crippen LogP contribution in [0.2, 0.25) is 0 Å². The first kappa shape index (κ1) is 18.1. The summed E-state index contributed by atoms with van der Waals surface area (Å²) < 4.78 is 5.35. The molecule has 1 aromatic carbocycles. The second kappa shape index (κ2) is 9.13. The van der Waals surface area contributed by atoms with Crippen molar-refractivity contribution in [2.75, 3.05) is 39.5 Å². The number of hydrogen-bond donors (Lipinski definition) is 0. The molecular formula is C20H26N2O2S. The Morgan fingerprint density at radius 1 is 1.16 bits per heavy atom. The van der Waals surface area contributed by atoms with Gasteiger partial charge in [-0.2, -0.15) is 0 Å². The van der Waals surface area contributed by atoms with E-state index in [1.807, 2.05) is 6.92 Å². The van der Waals surface area contributed by atoms with Gasteiger partial charge in [-0.15, -0.1) is 11.3 Å². The molecule has 2 aromatic rings. The molecule has 1 fully saturated rings. The fourth-order valence-electron chi connectivity index (χ4n) is 2.77. The Balaban J connectivity index is 1.53. The van der Waals surface area contributed by atoms with Crippen molar-refractivity contribution in [3.63, 3.8) is 0 Å². The first-order valence-corrected chi connectivity index (χ1v) is 9.74. The number of ether oxygens (including phenoxy) is 1. The standard InChI is InChI=1S/C20H26N2O2S/c1-3-17-4-6-18(7-5-17)20-9-8-19(25-20)16(2)21-24-15-12-22-10-13-23-14-11-22/h4-9H,3,10-15H2,1-2H3/b21-16+. The zero-order chi connectivity index (χ0) is 17.5. The van der Waals surface area contributed by atoms with Crippen molar-refractivity contribution < 1.29 is 9.57 Å². The molecule has 25 heavy (non-hydrogen) atoms. The number of rotatable bonds is 7. The smallest absolute Gasteiger partial charge is 0.129 e. The van der Waals surface area contributed by atoms with E-state index in [1.54, 1.807) is 11.3 Å². The quantitative estimate of drug-likeness (QED) is 0.425. The van der Waals surface area contributed by atoms with Crippen molar-refractivity contribution in [2.24, 2.45) is 5.16 Å². The second-order valence-electron chi connectivity index (χ2n) is 6.18. The van der Waals surface area contributed by atoms with E-state index in [0.717, 1.165) is 49.9 Å². The predicted molar refractivity (Wildman–Crippen MR) is 105 cm³/mol. The van der Waals surface area contributed by atoms with Crippen LogP contribution in [0.1, 0.15) is 24.3 Å². The number of thiophene rings is 1. The lowest BCUT2D eigenvalue weighted by atomic mass is 10.1. The van der Waals surface area contributed by atoms with Crippen molar-refractivity contribution in [3.8, 4) is 10.4 Å². The molecule has 1 aromatic heterocycles. The molecule has 4 nitrogen and oxygen atoms in total. The summed E-state index contributed by atoms with van der Waals surface area (Å²) in [6, 6.07) is 13.1. The molecule has 0 radical (unpaired) electrons. The van der Waals surface area contributed by atoms with Gasteiger partial charge in [0.25, 0.3) is 0 Å². The van der Waals surface area contributed by atoms with Gasteiger partial charge in [-0.25, -0.2) is 0 Å². The van der Waals surface area contributed by atoms with Gasteiger partial charge >= 0.3 is 0 Å². The van der Waals surface area contributed by atoms with Crippen molar-refractivity contribution in [1.29, 1.82) is 0 Å². The maximum Gasteiger partial charge on any atom is 0.129 e. The van der Waals surface area contributed by atoms with Gasteiger partial charge in [0.15, 0.2) is 0 Å². The lowest BCUT2D eigenvalue weighted by Crippen LogP contribution is -2.38. The number of nitrogens with zero attached hydrogens (tertiary/aromatic N) is 2. The Kier molecular flexibility index (Phi) is 6.62. The minimum Gasteiger partial charge on any atom is -0.394 e. The average molecular weight is 359 g/mol. The van der Waals surface area contributed by atoms with Gasteiger partial charge in [-0.1, -0.05) is 36.3 Å². The van der Waals surface area contributed by atoms with E-state index in [2.05, 4.69) is 53.4 Å². The summed E-state index contributed by atoms with van der Waals surface area (Å²) in [5.74, 6) is 0. The molecule has 2 heterocycles. The van der Waals surface area contributed by atoms with Gasteiger partial charge in [0, 0.05) is 24.5 Å². The number of aryl methyl sites for hydroxylation is 1. The fourth-order valence-corrected chi connectivity index (χ4v) is 3.72. The SMILES string of the molecule is CCc1ccc(-c2ccc(/C(C)=N/OCCN3CCOCC3)s2)cc1. The summed E-state index contributed by atoms with van der Waals surface area (Å²) in [6.45, 7) is 9.31. The molecule has 5 heteroatoms. The number of benzene rings is 1. The van der Waals surface area contributed by atoms with Crippen LogP contribution >= 0.6 is 11.3 Å². The lowest BCUT2D eigenvalue weighted by molar-refractivity contribution is 0.0212. The highest BCUT2D eigenvalue weighted by atomic mass is 32.1. The van der Waals surface area contributed by atoms with Gasteiger partial charge in [0.2, 0.25) is 0 Å². The molecule has 0 amide bonds. The van der Waals surface area contributed by atoms with Gasteiger partial charge in [0.05, 0.1) is 23.8 Å². The zero-order valence-corrected chi connectivity index (χ0v) is 15.8. The summed E-state index contributed by atoms with van der Waals surface area (Å²) in [7, 11) is 0. The summed E-state index contributed by atoms with van der Waals surface area (Å²) >= 11 is 1.76. The van der Waals surface area contributed by atoms with E-state index in [4.69, 9.17) is 9.57 Å². The fraction of sp³-hybridized carbons (Fsp3) is 0.450. The highest BCUT2D eigenvalue weighted by Crippen LogP contribution is 2.28. The van der Waals surface area contributed by atoms with Crippen LogP contribution in [-0.4, -0.2) is 50.1 Å². The van der Waals surface area contributed by atoms with E-state index >= 15 is 0 Å². The molecule has 0 aliphatic carbocycles. The van der Waals surface area contributed by atoms with E-state index in [1.165, 1.54) is 16.0 Å². The third-order valence-corrected chi connectivity index (χ3v) is 5.66. The second-order valence-corrected chi connectivity index (χ2v) is 7.26. The molecule has 0 saturated carbocycles. The first-order valence-electron chi connectivity index (χ1n) is 8.92. The third kappa shape index (κ3) is 5.14. The van der Waals surface area contributed by atoms with Gasteiger partial charge in [-0.05, 0) is 36.6 Å². The third-order valence-electron chi connectivity index (χ3n) is 4.41. The number of oxime groups is 1. The van der Waals surface area contributed by atoms with Crippen LogP contribution < -0.4 is 0 Å². The molecule has 134 valence electrons. The summed E-state index contributed by atoms with van der Waals surface area (Å²) in [5.41, 5.74) is 3.56. The van der Waals surface area contributed by atoms with Gasteiger partial charge in [0.1, 0.15) is 6.61 Å². The van der Waals surface area contributed by atoms with Crippen molar-refractivity contribution in [1.82, 2.24) is 4.90 Å². The van der Waals surface area contributed by atoms with Crippen molar-refractivity contribution in [3.05, 3.63) is 46.8 Å². The van der Waals surface area contributed by atoms with Crippen LogP contribution in [0.15, 0.2) is 41.6 Å². The Morgan fingerprint density at radius 3 is 2.64 bits per heavy atom. The molecule has 1 aliphatic rings. The van der Waals surface area contributed by atoms with Gasteiger partial charge < -0.3 is 9.57 Å². The first-order chi connectivity index (χ1) is 12.3. The minimum absolute atomic E-state index is 0.619. The Bertz CT molecular complexity index is 688. The predicted octanol–water partition coefficient (Wildman–Crippen LogP) is 4.05. The van der Waals surface area contributed by atoms with Gasteiger partial charge in [-0.3, -0.25) is 4.90 Å². The van der Waals surface area contributed by atoms with Crippen LogP contribution in [0.5, 0.6) is 0 Å². The molecule has 0 bridgehead atoms. The average Bonchev–Trinajstić information content (AvgIpc) is 3.16. The minimum atomic E-state index is 0.619. The normalized spacial score (nSPS) is 16.2. The maximum absolute atomic E-state index is 5.51. The Labute approximate surface area is 154 Å². The maximum atomic E-state index is 5.51. The number of hydrogen-bond acceptors (Lipinski definition) is 5. The highest BCUT2D eigenvalue weighted by Gasteiger charge is 2.10. The Hall–Kier alpha value is -1.69. The molecule has 1 saturated heterocycles. The largest absolute Gasteiger partial charge is 0.394 e. The van der Waals surface area contributed by atoms with Crippen molar-refractivity contribution >= 4 is 17.0 Å². The Morgan fingerprint density at radius 2 is 1.92 bits per heavy atom. The van der Waals surface area contributed by atoms with Crippen LogP contribution in [0.4, 0.5) is 0 Å². The van der Waals surface area contributed by atoms with E-state index in [9.17, 15) is 0 Å². The monoisotopic (exact) mass is 358 g/mol. The molecule has 0 atom stereocenters. The van der Waals surface area contributed by atoms with Crippen LogP contribution in [0.3, 0.4) is 0 Å². The molecular weight excluding hydrogens is 332 g/mol. The molecule has 3 rings (SSSR count). The molecule has 0 N–H and O–H groups in total. The van der Waals surface area contributed by atoms with E-state index in [0.29, 0.717) is 6.61 Å². The summed E-state index contributed by atoms with van der Waals surface area (Å²) in [4.78, 5) is 10.3. The van der Waals surface area contributed by atoms with Crippen LogP contribution in [0, 0.1) is 0 Å². The highest BCUT2D eigenvalue weighted by molar-refractivity contribution is 7.17. The number of morpholine rings is 1. The zero-order valence-electron chi connectivity index (χ0n) is 15.0. The summed E-state index contributed by atoms with van der Waals surface area (Å²) in [5, 5.41) is 4.28. The van der Waals surface area contributed by atoms with Crippen LogP contribution in [-0.2, 0) is 16.0 Å². The molecule has 0 spiro atoms. The van der Waals surface area contributed by atoms with Crippen LogP contribution in [0.25, 0.3) is 10.4 Å². The van der Waals surface area contributed by atoms with E-state index < -0.39 is 0 Å². The topological polar surface area (TPSA) is 34.1 Å². The van der Waals surface area contributed by atoms with E-state index in [-0.39, 0.29) is 0 Å². The molecule has 1 aliphatic heterocycles.